The SMILES string of the molecule is Cn1cc(-c2cc(Oc3ccc(F)c(N)c3)ncn2)cn1.Cn1cc(-c2cc(Oc3ccc(F)c(NC(=O)Nc4ccc(OC(F)(F)F)cc4)c3)ncn2)cn1. The van der Waals surface area contributed by atoms with Crippen molar-refractivity contribution >= 4 is 23.1 Å². The lowest BCUT2D eigenvalue weighted by Gasteiger charge is -2.12. The number of nitrogens with zero attached hydrogens (tertiary/aromatic N) is 8. The predicted octanol–water partition coefficient (Wildman–Crippen LogP) is 7.74. The Labute approximate surface area is 313 Å². The number of carbonyl (C=O) groups excluding carboxylic acids is 1. The van der Waals surface area contributed by atoms with E-state index in [1.165, 1.54) is 55.1 Å². The molecule has 4 aromatic heterocycles. The number of alkyl halides is 3. The molecule has 0 fully saturated rings. The number of aryl methyl sites for hydroxylation is 2. The van der Waals surface area contributed by atoms with Crippen molar-refractivity contribution < 1.29 is 41.0 Å². The second-order valence-electron chi connectivity index (χ2n) is 11.5. The first-order chi connectivity index (χ1) is 26.8. The van der Waals surface area contributed by atoms with Crippen molar-refractivity contribution in [3.8, 4) is 51.5 Å². The van der Waals surface area contributed by atoms with Crippen molar-refractivity contribution in [2.24, 2.45) is 14.1 Å². The highest BCUT2D eigenvalue weighted by Crippen LogP contribution is 2.29. The van der Waals surface area contributed by atoms with Crippen LogP contribution in [0, 0.1) is 11.6 Å². The van der Waals surface area contributed by atoms with Crippen LogP contribution in [0.3, 0.4) is 0 Å². The zero-order chi connectivity index (χ0) is 39.8. The average molecular weight is 774 g/mol. The Balaban J connectivity index is 0.000000215. The lowest BCUT2D eigenvalue weighted by atomic mass is 10.2. The van der Waals surface area contributed by atoms with Gasteiger partial charge in [-0.15, -0.1) is 13.2 Å². The van der Waals surface area contributed by atoms with Crippen LogP contribution in [-0.2, 0) is 14.1 Å². The highest BCUT2D eigenvalue weighted by atomic mass is 19.4. The first-order valence-corrected chi connectivity index (χ1v) is 16.0. The number of hydrogen-bond donors (Lipinski definition) is 3. The lowest BCUT2D eigenvalue weighted by molar-refractivity contribution is -0.274. The average Bonchev–Trinajstić information content (AvgIpc) is 3.80. The standard InChI is InChI=1S/C22H16F4N6O3.C14H12FN5O/c1-32-11-13(10-29-32)18-9-20(28-12-27-18)34-16-6-7-17(23)19(8-16)31-21(33)30-14-2-4-15(5-3-14)35-22(24,25)26;1-20-7-9(6-19-20)13-5-14(18-8-17-13)21-10-2-3-11(15)12(16)4-10/h2-12H,1H3,(H2,30,31,33);2-8H,16H2,1H3. The molecule has 20 heteroatoms. The molecule has 0 radical (unpaired) electrons. The topological polar surface area (TPSA) is 182 Å². The monoisotopic (exact) mass is 773 g/mol. The zero-order valence-corrected chi connectivity index (χ0v) is 29.1. The third-order valence-electron chi connectivity index (χ3n) is 7.23. The molecule has 15 nitrogen and oxygen atoms in total. The summed E-state index contributed by atoms with van der Waals surface area (Å²) >= 11 is 0. The van der Waals surface area contributed by atoms with E-state index >= 15 is 0 Å². The number of ether oxygens (including phenoxy) is 3. The van der Waals surface area contributed by atoms with Crippen LogP contribution in [0.4, 0.5) is 43.8 Å². The zero-order valence-electron chi connectivity index (χ0n) is 29.1. The number of anilines is 3. The fraction of sp³-hybridized carbons (Fsp3) is 0.0833. The van der Waals surface area contributed by atoms with Crippen LogP contribution >= 0.6 is 0 Å². The molecule has 7 aromatic rings. The Bertz CT molecular complexity index is 2460. The van der Waals surface area contributed by atoms with Crippen molar-refractivity contribution in [1.82, 2.24) is 39.5 Å². The van der Waals surface area contributed by atoms with Gasteiger partial charge >= 0.3 is 12.4 Å². The second-order valence-corrected chi connectivity index (χ2v) is 11.5. The Morgan fingerprint density at radius 1 is 0.679 bits per heavy atom. The third kappa shape index (κ3) is 10.5. The maximum Gasteiger partial charge on any atom is 0.573 e. The number of benzene rings is 3. The number of hydrogen-bond acceptors (Lipinski definition) is 11. The fourth-order valence-corrected chi connectivity index (χ4v) is 4.73. The van der Waals surface area contributed by atoms with Gasteiger partial charge in [-0.25, -0.2) is 33.5 Å². The number of halogens is 5. The van der Waals surface area contributed by atoms with Crippen LogP contribution in [0.25, 0.3) is 22.5 Å². The van der Waals surface area contributed by atoms with Gasteiger partial charge in [0.25, 0.3) is 0 Å². The molecule has 2 amide bonds. The molecule has 3 aromatic carbocycles. The molecule has 0 unspecified atom stereocenters. The van der Waals surface area contributed by atoms with Crippen LogP contribution in [0.5, 0.6) is 29.0 Å². The summed E-state index contributed by atoms with van der Waals surface area (Å²) in [7, 11) is 3.59. The quantitative estimate of drug-likeness (QED) is 0.0964. The van der Waals surface area contributed by atoms with Gasteiger partial charge < -0.3 is 30.6 Å². The normalized spacial score (nSPS) is 10.9. The minimum Gasteiger partial charge on any atom is -0.439 e. The summed E-state index contributed by atoms with van der Waals surface area (Å²) in [5.74, 6) is -0.551. The Morgan fingerprint density at radius 2 is 1.20 bits per heavy atom. The number of aromatic nitrogens is 8. The first-order valence-electron chi connectivity index (χ1n) is 16.0. The lowest BCUT2D eigenvalue weighted by Crippen LogP contribution is -2.20. The number of carbonyl (C=O) groups is 1. The van der Waals surface area contributed by atoms with Gasteiger partial charge in [0.15, 0.2) is 0 Å². The van der Waals surface area contributed by atoms with E-state index in [0.29, 0.717) is 23.0 Å². The maximum absolute atomic E-state index is 14.2. The molecule has 0 aliphatic rings. The summed E-state index contributed by atoms with van der Waals surface area (Å²) in [6.07, 6.45) is 4.79. The Morgan fingerprint density at radius 3 is 1.70 bits per heavy atom. The number of nitrogens with two attached hydrogens (primary N) is 1. The fourth-order valence-electron chi connectivity index (χ4n) is 4.73. The van der Waals surface area contributed by atoms with E-state index in [1.54, 1.807) is 47.1 Å². The molecule has 0 saturated carbocycles. The van der Waals surface area contributed by atoms with Crippen LogP contribution in [0.2, 0.25) is 0 Å². The van der Waals surface area contributed by atoms with Crippen LogP contribution in [-0.4, -0.2) is 51.9 Å². The molecule has 0 atom stereocenters. The molecule has 4 N–H and O–H groups in total. The van der Waals surface area contributed by atoms with E-state index < -0.39 is 29.8 Å². The molecular weight excluding hydrogens is 745 g/mol. The molecule has 0 spiro atoms. The number of nitrogen functional groups attached to an aromatic ring is 1. The van der Waals surface area contributed by atoms with Crippen molar-refractivity contribution in [2.45, 2.75) is 6.36 Å². The summed E-state index contributed by atoms with van der Waals surface area (Å²) in [4.78, 5) is 28.6. The van der Waals surface area contributed by atoms with Gasteiger partial charge in [0.1, 0.15) is 41.5 Å². The minimum atomic E-state index is -4.83. The van der Waals surface area contributed by atoms with E-state index in [9.17, 15) is 26.7 Å². The van der Waals surface area contributed by atoms with Crippen molar-refractivity contribution in [3.63, 3.8) is 0 Å². The summed E-state index contributed by atoms with van der Waals surface area (Å²) in [6.45, 7) is 0. The van der Waals surface area contributed by atoms with Crippen LogP contribution < -0.4 is 30.6 Å². The molecule has 0 aliphatic carbocycles. The third-order valence-corrected chi connectivity index (χ3v) is 7.23. The van der Waals surface area contributed by atoms with Gasteiger partial charge in [-0.05, 0) is 48.5 Å². The van der Waals surface area contributed by atoms with Gasteiger partial charge in [0.05, 0.1) is 35.2 Å². The molecule has 4 heterocycles. The Hall–Kier alpha value is -7.64. The molecule has 7 rings (SSSR count). The van der Waals surface area contributed by atoms with E-state index in [1.807, 2.05) is 13.2 Å². The second kappa shape index (κ2) is 16.6. The highest BCUT2D eigenvalue weighted by molar-refractivity contribution is 6.00. The van der Waals surface area contributed by atoms with E-state index in [2.05, 4.69) is 45.5 Å². The van der Waals surface area contributed by atoms with Crippen LogP contribution in [0.15, 0.2) is 110 Å². The molecule has 0 saturated heterocycles. The Kier molecular flexibility index (Phi) is 11.3. The maximum atomic E-state index is 14.2. The molecule has 286 valence electrons. The minimum absolute atomic E-state index is 0.0223. The number of urea groups is 1. The van der Waals surface area contributed by atoms with E-state index in [-0.39, 0.29) is 28.7 Å². The van der Waals surface area contributed by atoms with Crippen molar-refractivity contribution in [1.29, 1.82) is 0 Å². The summed E-state index contributed by atoms with van der Waals surface area (Å²) in [5, 5.41) is 12.9. The molecule has 0 bridgehead atoms. The number of nitrogens with one attached hydrogen (secondary N) is 2. The largest absolute Gasteiger partial charge is 0.573 e. The summed E-state index contributed by atoms with van der Waals surface area (Å²) in [5.41, 5.74) is 8.33. The molecule has 0 aliphatic heterocycles. The van der Waals surface area contributed by atoms with Gasteiger partial charge in [0.2, 0.25) is 11.8 Å². The van der Waals surface area contributed by atoms with Gasteiger partial charge in [-0.1, -0.05) is 0 Å². The van der Waals surface area contributed by atoms with Crippen LogP contribution in [0.1, 0.15) is 0 Å². The van der Waals surface area contributed by atoms with Gasteiger partial charge in [-0.2, -0.15) is 10.2 Å². The predicted molar refractivity (Wildman–Crippen MR) is 192 cm³/mol. The number of amides is 2. The first kappa shape index (κ1) is 38.1. The van der Waals surface area contributed by atoms with Crippen molar-refractivity contribution in [2.75, 3.05) is 16.4 Å². The van der Waals surface area contributed by atoms with Gasteiger partial charge in [-0.3, -0.25) is 9.36 Å². The summed E-state index contributed by atoms with van der Waals surface area (Å²) in [6, 6.07) is 14.7. The number of rotatable bonds is 9. The summed E-state index contributed by atoms with van der Waals surface area (Å²) < 4.78 is 82.4. The van der Waals surface area contributed by atoms with E-state index in [0.717, 1.165) is 29.3 Å². The molecular formula is C36H28F5N11O4. The van der Waals surface area contributed by atoms with Gasteiger partial charge in [0, 0.05) is 67.6 Å². The molecule has 56 heavy (non-hydrogen) atoms. The van der Waals surface area contributed by atoms with Crippen molar-refractivity contribution in [3.05, 3.63) is 122 Å². The van der Waals surface area contributed by atoms with E-state index in [4.69, 9.17) is 15.2 Å². The smallest absolute Gasteiger partial charge is 0.439 e. The highest BCUT2D eigenvalue weighted by Gasteiger charge is 2.31.